The van der Waals surface area contributed by atoms with Gasteiger partial charge in [-0.05, 0) is 55.2 Å². The van der Waals surface area contributed by atoms with Gasteiger partial charge in [0.05, 0.1) is 26.3 Å². The van der Waals surface area contributed by atoms with E-state index in [9.17, 15) is 4.79 Å². The smallest absolute Gasteiger partial charge is 0.318 e. The summed E-state index contributed by atoms with van der Waals surface area (Å²) in [6, 6.07) is 13.2. The molecule has 2 aromatic carbocycles. The van der Waals surface area contributed by atoms with Crippen molar-refractivity contribution in [3.8, 4) is 11.5 Å². The van der Waals surface area contributed by atoms with Gasteiger partial charge in [-0.25, -0.2) is 4.79 Å². The van der Waals surface area contributed by atoms with E-state index in [0.29, 0.717) is 11.6 Å². The Hall–Kier alpha value is -2.40. The number of hydrogen-bond acceptors (Lipinski definition) is 3. The van der Waals surface area contributed by atoms with Crippen molar-refractivity contribution in [1.82, 2.24) is 10.2 Å². The van der Waals surface area contributed by atoms with Crippen LogP contribution >= 0.6 is 11.6 Å². The Bertz CT molecular complexity index is 810. The van der Waals surface area contributed by atoms with Crippen LogP contribution in [0, 0.1) is 0 Å². The van der Waals surface area contributed by atoms with Gasteiger partial charge in [0.2, 0.25) is 0 Å². The number of methoxy groups -OCH3 is 2. The molecule has 5 nitrogen and oxygen atoms in total. The highest BCUT2D eigenvalue weighted by molar-refractivity contribution is 6.30. The first-order valence-electron chi connectivity index (χ1n) is 9.61. The molecule has 28 heavy (non-hydrogen) atoms. The number of hydrogen-bond donors (Lipinski definition) is 1. The third-order valence-electron chi connectivity index (χ3n) is 5.29. The third-order valence-corrected chi connectivity index (χ3v) is 5.54. The average molecular weight is 403 g/mol. The van der Waals surface area contributed by atoms with E-state index >= 15 is 0 Å². The number of nitrogens with zero attached hydrogens (tertiary/aromatic N) is 1. The van der Waals surface area contributed by atoms with E-state index in [1.165, 1.54) is 0 Å². The third kappa shape index (κ3) is 4.36. The number of carbonyl (C=O) groups is 1. The summed E-state index contributed by atoms with van der Waals surface area (Å²) in [5.41, 5.74) is 2.03. The molecule has 1 fully saturated rings. The summed E-state index contributed by atoms with van der Waals surface area (Å²) in [5, 5.41) is 3.87. The van der Waals surface area contributed by atoms with Gasteiger partial charge in [-0.3, -0.25) is 0 Å². The van der Waals surface area contributed by atoms with Crippen LogP contribution in [0.3, 0.4) is 0 Å². The molecule has 0 aromatic heterocycles. The van der Waals surface area contributed by atoms with Gasteiger partial charge in [-0.2, -0.15) is 0 Å². The van der Waals surface area contributed by atoms with Crippen LogP contribution in [0.2, 0.25) is 5.02 Å². The van der Waals surface area contributed by atoms with Gasteiger partial charge in [0.1, 0.15) is 11.5 Å². The van der Waals surface area contributed by atoms with Crippen molar-refractivity contribution in [3.63, 3.8) is 0 Å². The minimum Gasteiger partial charge on any atom is -0.497 e. The predicted molar refractivity (Wildman–Crippen MR) is 111 cm³/mol. The van der Waals surface area contributed by atoms with Crippen LogP contribution in [0.4, 0.5) is 4.79 Å². The number of nitrogens with one attached hydrogen (secondary N) is 1. The Morgan fingerprint density at radius 2 is 1.96 bits per heavy atom. The van der Waals surface area contributed by atoms with Gasteiger partial charge in [-0.1, -0.05) is 30.7 Å². The molecule has 150 valence electrons. The zero-order valence-electron chi connectivity index (χ0n) is 16.6. The second kappa shape index (κ2) is 9.20. The number of ether oxygens (including phenoxy) is 2. The van der Waals surface area contributed by atoms with Crippen LogP contribution in [0.25, 0.3) is 0 Å². The average Bonchev–Trinajstić information content (AvgIpc) is 3.22. The highest BCUT2D eigenvalue weighted by atomic mass is 35.5. The lowest BCUT2D eigenvalue weighted by Crippen LogP contribution is -2.41. The fraction of sp³-hybridized carbons (Fsp3) is 0.409. The van der Waals surface area contributed by atoms with Crippen LogP contribution < -0.4 is 14.8 Å². The lowest BCUT2D eigenvalue weighted by atomic mass is 10.0. The van der Waals surface area contributed by atoms with Crippen LogP contribution in [-0.4, -0.2) is 31.7 Å². The second-order valence-electron chi connectivity index (χ2n) is 6.92. The van der Waals surface area contributed by atoms with E-state index in [4.69, 9.17) is 21.1 Å². The van der Waals surface area contributed by atoms with Crippen LogP contribution in [0.15, 0.2) is 42.5 Å². The van der Waals surface area contributed by atoms with Crippen LogP contribution in [0.1, 0.15) is 49.4 Å². The maximum Gasteiger partial charge on any atom is 0.318 e. The zero-order valence-corrected chi connectivity index (χ0v) is 17.3. The van der Waals surface area contributed by atoms with Crippen LogP contribution in [-0.2, 0) is 0 Å². The van der Waals surface area contributed by atoms with Crippen molar-refractivity contribution in [2.75, 3.05) is 20.8 Å². The quantitative estimate of drug-likeness (QED) is 0.708. The standard InChI is InChI=1S/C22H27ClN2O3/c1-4-19(15-7-9-16(23)10-8-15)24-22(26)25-13-5-6-20(25)18-14-17(27-2)11-12-21(18)28-3/h7-12,14,19-20H,4-6,13H2,1-3H3,(H,24,26). The Morgan fingerprint density at radius 3 is 2.61 bits per heavy atom. The molecule has 2 atom stereocenters. The molecule has 0 bridgehead atoms. The van der Waals surface area contributed by atoms with Crippen molar-refractivity contribution in [1.29, 1.82) is 0 Å². The summed E-state index contributed by atoms with van der Waals surface area (Å²) in [4.78, 5) is 15.0. The van der Waals surface area contributed by atoms with Crippen molar-refractivity contribution < 1.29 is 14.3 Å². The van der Waals surface area contributed by atoms with E-state index in [0.717, 1.165) is 41.9 Å². The van der Waals surface area contributed by atoms with Crippen molar-refractivity contribution in [3.05, 3.63) is 58.6 Å². The Balaban J connectivity index is 1.80. The maximum absolute atomic E-state index is 13.1. The molecule has 1 saturated heterocycles. The van der Waals surface area contributed by atoms with E-state index in [1.807, 2.05) is 47.4 Å². The minimum atomic E-state index is -0.0610. The van der Waals surface area contributed by atoms with Gasteiger partial charge in [0, 0.05) is 17.1 Å². The molecule has 0 saturated carbocycles. The molecule has 1 aliphatic heterocycles. The zero-order chi connectivity index (χ0) is 20.1. The Kier molecular flexibility index (Phi) is 6.68. The van der Waals surface area contributed by atoms with Crippen molar-refractivity contribution in [2.24, 2.45) is 0 Å². The summed E-state index contributed by atoms with van der Waals surface area (Å²) in [5.74, 6) is 1.53. The molecule has 0 radical (unpaired) electrons. The van der Waals surface area contributed by atoms with Gasteiger partial charge >= 0.3 is 6.03 Å². The van der Waals surface area contributed by atoms with Crippen LogP contribution in [0.5, 0.6) is 11.5 Å². The first-order valence-corrected chi connectivity index (χ1v) is 9.99. The highest BCUT2D eigenvalue weighted by Gasteiger charge is 2.33. The molecular formula is C22H27ClN2O3. The number of carbonyl (C=O) groups excluding carboxylic acids is 1. The topological polar surface area (TPSA) is 50.8 Å². The molecule has 3 rings (SSSR count). The Labute approximate surface area is 171 Å². The number of halogens is 1. The molecule has 2 aromatic rings. The molecule has 6 heteroatoms. The second-order valence-corrected chi connectivity index (χ2v) is 7.36. The minimum absolute atomic E-state index is 0.0345. The Morgan fingerprint density at radius 1 is 1.21 bits per heavy atom. The first kappa shape index (κ1) is 20.3. The molecule has 1 N–H and O–H groups in total. The summed E-state index contributed by atoms with van der Waals surface area (Å²) >= 11 is 5.99. The number of likely N-dealkylation sites (tertiary alicyclic amines) is 1. The summed E-state index contributed by atoms with van der Waals surface area (Å²) in [7, 11) is 3.29. The van der Waals surface area contributed by atoms with Gasteiger partial charge < -0.3 is 19.7 Å². The van der Waals surface area contributed by atoms with Gasteiger partial charge in [0.25, 0.3) is 0 Å². The predicted octanol–water partition coefficient (Wildman–Crippen LogP) is 5.36. The van der Waals surface area contributed by atoms with E-state index in [2.05, 4.69) is 12.2 Å². The lowest BCUT2D eigenvalue weighted by Gasteiger charge is -2.29. The molecule has 0 aliphatic carbocycles. The molecule has 1 aliphatic rings. The maximum atomic E-state index is 13.1. The fourth-order valence-corrected chi connectivity index (χ4v) is 3.91. The lowest BCUT2D eigenvalue weighted by molar-refractivity contribution is 0.187. The SMILES string of the molecule is CCC(NC(=O)N1CCCC1c1cc(OC)ccc1OC)c1ccc(Cl)cc1. The first-order chi connectivity index (χ1) is 13.6. The van der Waals surface area contributed by atoms with Crippen molar-refractivity contribution >= 4 is 17.6 Å². The summed E-state index contributed by atoms with van der Waals surface area (Å²) in [6.45, 7) is 2.78. The molecular weight excluding hydrogens is 376 g/mol. The van der Waals surface area contributed by atoms with Gasteiger partial charge in [-0.15, -0.1) is 0 Å². The van der Waals surface area contributed by atoms with Gasteiger partial charge in [0.15, 0.2) is 0 Å². The largest absolute Gasteiger partial charge is 0.497 e. The number of rotatable bonds is 6. The molecule has 2 amide bonds. The number of urea groups is 1. The van der Waals surface area contributed by atoms with E-state index in [1.54, 1.807) is 14.2 Å². The van der Waals surface area contributed by atoms with E-state index < -0.39 is 0 Å². The summed E-state index contributed by atoms with van der Waals surface area (Å²) < 4.78 is 10.9. The van der Waals surface area contributed by atoms with Crippen molar-refractivity contribution in [2.45, 2.75) is 38.3 Å². The number of benzene rings is 2. The summed E-state index contributed by atoms with van der Waals surface area (Å²) in [6.07, 6.45) is 2.65. The molecule has 1 heterocycles. The highest BCUT2D eigenvalue weighted by Crippen LogP contribution is 2.39. The molecule has 2 unspecified atom stereocenters. The fourth-order valence-electron chi connectivity index (χ4n) is 3.78. The van der Waals surface area contributed by atoms with E-state index in [-0.39, 0.29) is 18.1 Å². The normalized spacial score (nSPS) is 17.3. The number of amides is 2. The molecule has 0 spiro atoms. The monoisotopic (exact) mass is 402 g/mol.